The van der Waals surface area contributed by atoms with Crippen LogP contribution in [0.2, 0.25) is 0 Å². The first-order valence-corrected chi connectivity index (χ1v) is 6.30. The van der Waals surface area contributed by atoms with Crippen LogP contribution < -0.4 is 5.73 Å². The minimum atomic E-state index is 0.0695. The molecule has 0 radical (unpaired) electrons. The fourth-order valence-electron chi connectivity index (χ4n) is 2.43. The molecule has 2 heterocycles. The van der Waals surface area contributed by atoms with E-state index in [9.17, 15) is 4.79 Å². The predicted octanol–water partition coefficient (Wildman–Crippen LogP) is 1.43. The molecule has 0 aliphatic carbocycles. The molecule has 3 rings (SSSR count). The molecular formula is C14H16N4O. The van der Waals surface area contributed by atoms with Crippen LogP contribution in [-0.2, 0) is 13.1 Å². The molecule has 98 valence electrons. The van der Waals surface area contributed by atoms with Gasteiger partial charge in [0.15, 0.2) is 0 Å². The Morgan fingerprint density at radius 2 is 2.21 bits per heavy atom. The average molecular weight is 256 g/mol. The highest BCUT2D eigenvalue weighted by Gasteiger charge is 2.26. The van der Waals surface area contributed by atoms with Gasteiger partial charge in [0.1, 0.15) is 5.82 Å². The van der Waals surface area contributed by atoms with Gasteiger partial charge in [0, 0.05) is 43.3 Å². The number of nitrogen functional groups attached to an aromatic ring is 1. The lowest BCUT2D eigenvalue weighted by Gasteiger charge is -2.16. The summed E-state index contributed by atoms with van der Waals surface area (Å²) in [5, 5.41) is 0. The van der Waals surface area contributed by atoms with Crippen molar-refractivity contribution in [2.75, 3.05) is 12.3 Å². The van der Waals surface area contributed by atoms with Crippen LogP contribution in [0.25, 0.3) is 0 Å². The molecule has 1 aromatic carbocycles. The van der Waals surface area contributed by atoms with E-state index in [0.29, 0.717) is 18.8 Å². The minimum absolute atomic E-state index is 0.0695. The molecule has 5 nitrogen and oxygen atoms in total. The smallest absolute Gasteiger partial charge is 0.254 e. The first kappa shape index (κ1) is 11.8. The number of carbonyl (C=O) groups excluding carboxylic acids is 1. The Balaban J connectivity index is 1.72. The van der Waals surface area contributed by atoms with Gasteiger partial charge >= 0.3 is 0 Å². The van der Waals surface area contributed by atoms with Crippen LogP contribution in [0.5, 0.6) is 0 Å². The highest BCUT2D eigenvalue weighted by Crippen LogP contribution is 2.24. The number of nitrogens with zero attached hydrogens (tertiary/aromatic N) is 3. The third-order valence-corrected chi connectivity index (χ3v) is 3.55. The zero-order chi connectivity index (χ0) is 13.4. The van der Waals surface area contributed by atoms with Crippen LogP contribution in [-0.4, -0.2) is 26.9 Å². The molecule has 1 amide bonds. The number of hydrogen-bond acceptors (Lipinski definition) is 3. The largest absolute Gasteiger partial charge is 0.399 e. The van der Waals surface area contributed by atoms with E-state index in [-0.39, 0.29) is 5.91 Å². The molecule has 2 aromatic rings. The number of benzene rings is 1. The van der Waals surface area contributed by atoms with Crippen LogP contribution >= 0.6 is 0 Å². The van der Waals surface area contributed by atoms with Gasteiger partial charge in [0.05, 0.1) is 0 Å². The SMILES string of the molecule is Cc1nccn1CCN1Cc2ccc(N)cc2C1=O. The van der Waals surface area contributed by atoms with E-state index in [4.69, 9.17) is 5.73 Å². The quantitative estimate of drug-likeness (QED) is 0.845. The standard InChI is InChI=1S/C14H16N4O/c1-10-16-4-5-17(10)6-7-18-9-11-2-3-12(15)8-13(11)14(18)19/h2-5,8H,6-7,9,15H2,1H3. The molecule has 0 unspecified atom stereocenters. The molecule has 0 atom stereocenters. The fourth-order valence-corrected chi connectivity index (χ4v) is 2.43. The summed E-state index contributed by atoms with van der Waals surface area (Å²) in [7, 11) is 0. The molecule has 2 N–H and O–H groups in total. The molecule has 0 bridgehead atoms. The van der Waals surface area contributed by atoms with E-state index in [1.807, 2.05) is 34.7 Å². The van der Waals surface area contributed by atoms with Gasteiger partial charge in [-0.2, -0.15) is 0 Å². The molecule has 1 aliphatic rings. The molecular weight excluding hydrogens is 240 g/mol. The van der Waals surface area contributed by atoms with E-state index in [0.717, 1.165) is 23.5 Å². The van der Waals surface area contributed by atoms with Crippen molar-refractivity contribution in [2.24, 2.45) is 0 Å². The van der Waals surface area contributed by atoms with E-state index in [2.05, 4.69) is 4.98 Å². The maximum atomic E-state index is 12.2. The predicted molar refractivity (Wildman–Crippen MR) is 72.6 cm³/mol. The van der Waals surface area contributed by atoms with Crippen LogP contribution in [0.1, 0.15) is 21.7 Å². The lowest BCUT2D eigenvalue weighted by Crippen LogP contribution is -2.28. The Labute approximate surface area is 111 Å². The Hall–Kier alpha value is -2.30. The molecule has 5 heteroatoms. The normalized spacial score (nSPS) is 13.9. The zero-order valence-electron chi connectivity index (χ0n) is 10.8. The first-order valence-electron chi connectivity index (χ1n) is 6.30. The molecule has 0 saturated carbocycles. The van der Waals surface area contributed by atoms with Gasteiger partial charge in [-0.3, -0.25) is 4.79 Å². The van der Waals surface area contributed by atoms with Gasteiger partial charge in [-0.25, -0.2) is 4.98 Å². The molecule has 1 aromatic heterocycles. The van der Waals surface area contributed by atoms with Gasteiger partial charge in [0.2, 0.25) is 0 Å². The Morgan fingerprint density at radius 1 is 1.37 bits per heavy atom. The molecule has 1 aliphatic heterocycles. The summed E-state index contributed by atoms with van der Waals surface area (Å²) in [5.74, 6) is 1.04. The summed E-state index contributed by atoms with van der Waals surface area (Å²) in [6.45, 7) is 4.08. The number of carbonyl (C=O) groups is 1. The van der Waals surface area contributed by atoms with E-state index < -0.39 is 0 Å². The van der Waals surface area contributed by atoms with Crippen molar-refractivity contribution in [3.05, 3.63) is 47.5 Å². The van der Waals surface area contributed by atoms with Crippen LogP contribution in [0, 0.1) is 6.92 Å². The highest BCUT2D eigenvalue weighted by molar-refractivity contribution is 5.99. The zero-order valence-corrected chi connectivity index (χ0v) is 10.8. The van der Waals surface area contributed by atoms with E-state index in [1.165, 1.54) is 0 Å². The third-order valence-electron chi connectivity index (χ3n) is 3.55. The Bertz CT molecular complexity index is 632. The summed E-state index contributed by atoms with van der Waals surface area (Å²) in [5.41, 5.74) is 8.16. The van der Waals surface area contributed by atoms with Gasteiger partial charge < -0.3 is 15.2 Å². The number of rotatable bonds is 3. The number of hydrogen-bond donors (Lipinski definition) is 1. The number of nitrogens with two attached hydrogens (primary N) is 1. The monoisotopic (exact) mass is 256 g/mol. The van der Waals surface area contributed by atoms with Crippen LogP contribution in [0.4, 0.5) is 5.69 Å². The number of imidazole rings is 1. The number of anilines is 1. The van der Waals surface area contributed by atoms with E-state index in [1.54, 1.807) is 12.3 Å². The fraction of sp³-hybridized carbons (Fsp3) is 0.286. The second kappa shape index (κ2) is 4.42. The molecule has 0 fully saturated rings. The van der Waals surface area contributed by atoms with Gasteiger partial charge in [-0.05, 0) is 24.6 Å². The topological polar surface area (TPSA) is 64.2 Å². The Morgan fingerprint density at radius 3 is 2.95 bits per heavy atom. The number of amides is 1. The third kappa shape index (κ3) is 2.07. The number of aromatic nitrogens is 2. The lowest BCUT2D eigenvalue weighted by atomic mass is 10.1. The van der Waals surface area contributed by atoms with Crippen molar-refractivity contribution in [1.82, 2.24) is 14.5 Å². The number of aryl methyl sites for hydroxylation is 1. The maximum Gasteiger partial charge on any atom is 0.254 e. The van der Waals surface area contributed by atoms with Crippen molar-refractivity contribution >= 4 is 11.6 Å². The average Bonchev–Trinajstić information content (AvgIpc) is 2.93. The molecule has 0 saturated heterocycles. The first-order chi connectivity index (χ1) is 9.15. The lowest BCUT2D eigenvalue weighted by molar-refractivity contribution is 0.0772. The van der Waals surface area contributed by atoms with Crippen LogP contribution in [0.3, 0.4) is 0 Å². The Kier molecular flexibility index (Phi) is 2.74. The summed E-state index contributed by atoms with van der Waals surface area (Å²) >= 11 is 0. The highest BCUT2D eigenvalue weighted by atomic mass is 16.2. The second-order valence-corrected chi connectivity index (χ2v) is 4.81. The number of fused-ring (bicyclic) bond motifs is 1. The van der Waals surface area contributed by atoms with Crippen molar-refractivity contribution in [2.45, 2.75) is 20.0 Å². The van der Waals surface area contributed by atoms with Gasteiger partial charge in [-0.15, -0.1) is 0 Å². The van der Waals surface area contributed by atoms with Crippen molar-refractivity contribution in [1.29, 1.82) is 0 Å². The summed E-state index contributed by atoms with van der Waals surface area (Å²) in [6.07, 6.45) is 3.71. The van der Waals surface area contributed by atoms with Crippen molar-refractivity contribution in [3.63, 3.8) is 0 Å². The molecule has 0 spiro atoms. The van der Waals surface area contributed by atoms with Gasteiger partial charge in [-0.1, -0.05) is 6.07 Å². The van der Waals surface area contributed by atoms with Gasteiger partial charge in [0.25, 0.3) is 5.91 Å². The minimum Gasteiger partial charge on any atom is -0.399 e. The summed E-state index contributed by atoms with van der Waals surface area (Å²) in [6, 6.07) is 5.54. The van der Waals surface area contributed by atoms with Crippen LogP contribution in [0.15, 0.2) is 30.6 Å². The molecule has 19 heavy (non-hydrogen) atoms. The summed E-state index contributed by atoms with van der Waals surface area (Å²) in [4.78, 5) is 18.3. The van der Waals surface area contributed by atoms with Crippen molar-refractivity contribution in [3.8, 4) is 0 Å². The second-order valence-electron chi connectivity index (χ2n) is 4.81. The maximum absolute atomic E-state index is 12.2. The van der Waals surface area contributed by atoms with Crippen molar-refractivity contribution < 1.29 is 4.79 Å². The summed E-state index contributed by atoms with van der Waals surface area (Å²) < 4.78 is 2.05. The van der Waals surface area contributed by atoms with E-state index >= 15 is 0 Å².